The van der Waals surface area contributed by atoms with Crippen LogP contribution >= 0.6 is 0 Å². The van der Waals surface area contributed by atoms with E-state index >= 15 is 0 Å². The molecule has 0 radical (unpaired) electrons. The number of nitrogens with zero attached hydrogens (tertiary/aromatic N) is 1. The Morgan fingerprint density at radius 3 is 2.46 bits per heavy atom. The molecule has 7 heteroatoms. The molecular formula is C28H34N2O5. The molecule has 7 nitrogen and oxygen atoms in total. The number of Topliss-reactive ketones (excluding diaryl/α,β-unsaturated/α-hetero) is 1. The number of hydrogen-bond acceptors (Lipinski definition) is 5. The summed E-state index contributed by atoms with van der Waals surface area (Å²) in [5, 5.41) is 3.88. The van der Waals surface area contributed by atoms with Gasteiger partial charge in [-0.2, -0.15) is 0 Å². The van der Waals surface area contributed by atoms with E-state index in [9.17, 15) is 14.4 Å². The fourth-order valence-electron chi connectivity index (χ4n) is 4.30. The zero-order chi connectivity index (χ0) is 25.5. The summed E-state index contributed by atoms with van der Waals surface area (Å²) in [7, 11) is 2.88. The number of carbonyl (C=O) groups excluding carboxylic acids is 3. The molecule has 1 atom stereocenters. The predicted molar refractivity (Wildman–Crippen MR) is 137 cm³/mol. The number of ether oxygens (including phenoxy) is 2. The Bertz CT molecular complexity index is 1230. The zero-order valence-corrected chi connectivity index (χ0v) is 21.1. The fourth-order valence-corrected chi connectivity index (χ4v) is 4.30. The number of anilines is 1. The van der Waals surface area contributed by atoms with E-state index in [4.69, 9.17) is 9.47 Å². The Balaban J connectivity index is 1.97. The van der Waals surface area contributed by atoms with Gasteiger partial charge in [0.05, 0.1) is 31.8 Å². The number of methoxy groups -OCH3 is 2. The highest BCUT2D eigenvalue weighted by Crippen LogP contribution is 2.29. The van der Waals surface area contributed by atoms with Gasteiger partial charge in [0.1, 0.15) is 5.75 Å². The second-order valence-electron chi connectivity index (χ2n) is 8.71. The van der Waals surface area contributed by atoms with Crippen molar-refractivity contribution in [3.63, 3.8) is 0 Å². The lowest BCUT2D eigenvalue weighted by Crippen LogP contribution is -2.22. The summed E-state index contributed by atoms with van der Waals surface area (Å²) in [4.78, 5) is 37.1. The number of rotatable bonds is 11. The van der Waals surface area contributed by atoms with Crippen LogP contribution in [-0.2, 0) is 16.1 Å². The number of esters is 1. The van der Waals surface area contributed by atoms with Crippen molar-refractivity contribution in [2.24, 2.45) is 5.92 Å². The van der Waals surface area contributed by atoms with Crippen LogP contribution < -0.4 is 10.1 Å². The van der Waals surface area contributed by atoms with Crippen molar-refractivity contribution >= 4 is 34.3 Å². The second-order valence-corrected chi connectivity index (χ2v) is 8.71. The molecule has 1 amide bonds. The Morgan fingerprint density at radius 1 is 1.06 bits per heavy atom. The lowest BCUT2D eigenvalue weighted by atomic mass is 9.98. The molecule has 1 heterocycles. The number of carbonyl (C=O) groups is 3. The molecule has 3 rings (SSSR count). The normalized spacial score (nSPS) is 11.8. The van der Waals surface area contributed by atoms with E-state index in [1.807, 2.05) is 42.0 Å². The van der Waals surface area contributed by atoms with Crippen LogP contribution in [0.15, 0.2) is 42.6 Å². The van der Waals surface area contributed by atoms with E-state index < -0.39 is 5.97 Å². The molecule has 0 saturated heterocycles. The highest BCUT2D eigenvalue weighted by molar-refractivity contribution is 6.08. The minimum absolute atomic E-state index is 0.0188. The van der Waals surface area contributed by atoms with Gasteiger partial charge < -0.3 is 19.4 Å². The highest BCUT2D eigenvalue weighted by Gasteiger charge is 2.19. The van der Waals surface area contributed by atoms with Gasteiger partial charge in [0.2, 0.25) is 5.91 Å². The Kier molecular flexibility index (Phi) is 8.68. The number of fused-ring (bicyclic) bond motifs is 1. The molecule has 3 aromatic rings. The first-order valence-corrected chi connectivity index (χ1v) is 12.0. The Hall–Kier alpha value is -3.61. The maximum Gasteiger partial charge on any atom is 0.337 e. The summed E-state index contributed by atoms with van der Waals surface area (Å²) in [6.45, 7) is 6.11. The first kappa shape index (κ1) is 26.0. The van der Waals surface area contributed by atoms with Crippen molar-refractivity contribution in [2.75, 3.05) is 19.5 Å². The molecular weight excluding hydrogens is 444 g/mol. The third-order valence-corrected chi connectivity index (χ3v) is 6.35. The van der Waals surface area contributed by atoms with Gasteiger partial charge >= 0.3 is 5.97 Å². The summed E-state index contributed by atoms with van der Waals surface area (Å²) < 4.78 is 12.3. The quantitative estimate of drug-likeness (QED) is 0.276. The maximum absolute atomic E-state index is 12.8. The molecule has 1 N–H and O–H groups in total. The smallest absolute Gasteiger partial charge is 0.337 e. The summed E-state index contributed by atoms with van der Waals surface area (Å²) in [5.74, 6) is 0.0624. The minimum atomic E-state index is -0.440. The number of nitrogens with one attached hydrogen (secondary N) is 1. The lowest BCUT2D eigenvalue weighted by molar-refractivity contribution is -0.120. The van der Waals surface area contributed by atoms with Gasteiger partial charge in [-0.3, -0.25) is 9.59 Å². The molecule has 35 heavy (non-hydrogen) atoms. The predicted octanol–water partition coefficient (Wildman–Crippen LogP) is 5.84. The molecule has 0 saturated carbocycles. The molecule has 0 aliphatic heterocycles. The molecule has 1 aromatic heterocycles. The summed E-state index contributed by atoms with van der Waals surface area (Å²) >= 11 is 0. The summed E-state index contributed by atoms with van der Waals surface area (Å²) in [5.41, 5.74) is 3.37. The van der Waals surface area contributed by atoms with Crippen LogP contribution in [0.5, 0.6) is 5.75 Å². The van der Waals surface area contributed by atoms with Crippen molar-refractivity contribution < 1.29 is 23.9 Å². The second kappa shape index (κ2) is 11.7. The van der Waals surface area contributed by atoms with Gasteiger partial charge in [-0.1, -0.05) is 38.8 Å². The van der Waals surface area contributed by atoms with Crippen LogP contribution in [-0.4, -0.2) is 36.4 Å². The van der Waals surface area contributed by atoms with Crippen LogP contribution in [0, 0.1) is 5.92 Å². The number of hydrogen-bond donors (Lipinski definition) is 1. The van der Waals surface area contributed by atoms with Crippen molar-refractivity contribution in [1.82, 2.24) is 4.57 Å². The van der Waals surface area contributed by atoms with Crippen molar-refractivity contribution in [1.29, 1.82) is 0 Å². The Morgan fingerprint density at radius 2 is 1.83 bits per heavy atom. The first-order chi connectivity index (χ1) is 16.8. The average molecular weight is 479 g/mol. The SMILES string of the molecule is CCCCC(CC)C(=O)Nc1ccc2c(C(C)=O)cn(Cc3ccc(C(=O)OC)cc3OC)c2c1. The number of amides is 1. The van der Waals surface area contributed by atoms with Crippen LogP contribution in [0.2, 0.25) is 0 Å². The molecule has 0 spiro atoms. The topological polar surface area (TPSA) is 86.6 Å². The standard InChI is InChI=1S/C28H34N2O5/c1-6-8-9-19(7-2)27(32)29-22-12-13-23-24(18(3)31)17-30(25(23)15-22)16-21-11-10-20(28(33)35-5)14-26(21)34-4/h10-15,17,19H,6-9,16H2,1-5H3,(H,29,32). The van der Waals surface area contributed by atoms with Gasteiger partial charge in [0, 0.05) is 34.3 Å². The third kappa shape index (κ3) is 5.91. The van der Waals surface area contributed by atoms with Gasteiger partial charge in [-0.25, -0.2) is 4.79 Å². The zero-order valence-electron chi connectivity index (χ0n) is 21.1. The van der Waals surface area contributed by atoms with Gasteiger partial charge in [0.15, 0.2) is 5.78 Å². The summed E-state index contributed by atoms with van der Waals surface area (Å²) in [6.07, 6.45) is 5.56. The lowest BCUT2D eigenvalue weighted by Gasteiger charge is -2.15. The van der Waals surface area contributed by atoms with Crippen molar-refractivity contribution in [2.45, 2.75) is 53.0 Å². The number of ketones is 1. The molecule has 0 bridgehead atoms. The highest BCUT2D eigenvalue weighted by atomic mass is 16.5. The maximum atomic E-state index is 12.8. The van der Waals surface area contributed by atoms with Crippen LogP contribution in [0.1, 0.15) is 72.7 Å². The van der Waals surface area contributed by atoms with Crippen LogP contribution in [0.25, 0.3) is 10.9 Å². The van der Waals surface area contributed by atoms with Gasteiger partial charge in [0.25, 0.3) is 0 Å². The van der Waals surface area contributed by atoms with E-state index in [-0.39, 0.29) is 17.6 Å². The largest absolute Gasteiger partial charge is 0.496 e. The third-order valence-electron chi connectivity index (χ3n) is 6.35. The molecule has 0 fully saturated rings. The minimum Gasteiger partial charge on any atom is -0.496 e. The van der Waals surface area contributed by atoms with Gasteiger partial charge in [-0.15, -0.1) is 0 Å². The van der Waals surface area contributed by atoms with E-state index in [1.165, 1.54) is 7.11 Å². The number of benzene rings is 2. The Labute approximate surface area is 206 Å². The van der Waals surface area contributed by atoms with Crippen molar-refractivity contribution in [3.8, 4) is 5.75 Å². The monoisotopic (exact) mass is 478 g/mol. The van der Waals surface area contributed by atoms with E-state index in [0.29, 0.717) is 29.1 Å². The average Bonchev–Trinajstić information content (AvgIpc) is 3.22. The van der Waals surface area contributed by atoms with Crippen LogP contribution in [0.4, 0.5) is 5.69 Å². The first-order valence-electron chi connectivity index (χ1n) is 12.0. The number of unbranched alkanes of at least 4 members (excludes halogenated alkanes) is 1. The fraction of sp³-hybridized carbons (Fsp3) is 0.393. The van der Waals surface area contributed by atoms with Crippen molar-refractivity contribution in [3.05, 3.63) is 59.3 Å². The van der Waals surface area contributed by atoms with Gasteiger partial charge in [-0.05, 0) is 44.0 Å². The van der Waals surface area contributed by atoms with Crippen LogP contribution in [0.3, 0.4) is 0 Å². The molecule has 0 aliphatic rings. The molecule has 186 valence electrons. The van der Waals surface area contributed by atoms with E-state index in [0.717, 1.165) is 42.1 Å². The summed E-state index contributed by atoms with van der Waals surface area (Å²) in [6, 6.07) is 10.8. The number of aromatic nitrogens is 1. The van der Waals surface area contributed by atoms with E-state index in [1.54, 1.807) is 26.2 Å². The molecule has 2 aromatic carbocycles. The molecule has 1 unspecified atom stereocenters. The van der Waals surface area contributed by atoms with E-state index in [2.05, 4.69) is 12.2 Å². The molecule has 0 aliphatic carbocycles.